The van der Waals surface area contributed by atoms with Crippen LogP contribution in [0.2, 0.25) is 0 Å². The average molecular weight is 322 g/mol. The number of fused-ring (bicyclic) bond motifs is 2. The fraction of sp³-hybridized carbons (Fsp3) is 0.316. The zero-order valence-electron chi connectivity index (χ0n) is 13.3. The molecule has 1 aliphatic carbocycles. The van der Waals surface area contributed by atoms with Gasteiger partial charge in [0.25, 0.3) is 5.91 Å². The highest BCUT2D eigenvalue weighted by Gasteiger charge is 2.35. The third-order valence-electron chi connectivity index (χ3n) is 4.90. The number of ether oxygens (including phenoxy) is 2. The van der Waals surface area contributed by atoms with Crippen LogP contribution in [0.15, 0.2) is 42.5 Å². The number of nitrogens with zero attached hydrogens (tertiary/aromatic N) is 2. The number of carbonyl (C=O) groups excluding carboxylic acids is 1. The van der Waals surface area contributed by atoms with Crippen LogP contribution in [-0.2, 0) is 0 Å². The lowest BCUT2D eigenvalue weighted by Crippen LogP contribution is -2.45. The molecule has 0 N–H and O–H groups in total. The predicted octanol–water partition coefficient (Wildman–Crippen LogP) is 3.04. The summed E-state index contributed by atoms with van der Waals surface area (Å²) in [4.78, 5) is 17.4. The molecule has 2 heterocycles. The van der Waals surface area contributed by atoms with Crippen molar-refractivity contribution in [2.75, 3.05) is 29.7 Å². The number of para-hydroxylation sites is 2. The maximum atomic E-state index is 13.1. The molecule has 0 aromatic heterocycles. The quantitative estimate of drug-likeness (QED) is 0.852. The van der Waals surface area contributed by atoms with Gasteiger partial charge in [-0.05, 0) is 43.2 Å². The molecule has 5 rings (SSSR count). The van der Waals surface area contributed by atoms with Gasteiger partial charge in [0, 0.05) is 24.7 Å². The minimum atomic E-state index is 0.0104. The van der Waals surface area contributed by atoms with Crippen molar-refractivity contribution in [3.63, 3.8) is 0 Å². The molecule has 0 radical (unpaired) electrons. The molecule has 0 saturated heterocycles. The van der Waals surface area contributed by atoms with Crippen LogP contribution in [0.3, 0.4) is 0 Å². The predicted molar refractivity (Wildman–Crippen MR) is 91.1 cm³/mol. The standard InChI is InChI=1S/C19H18N2O3/c22-19(13-5-8-17-18(11-13)24-12-23-17)21-10-9-20(14-6-7-14)15-3-1-2-4-16(15)21/h1-5,8,11,14H,6-7,9-10,12H2. The van der Waals surface area contributed by atoms with Crippen LogP contribution in [0.1, 0.15) is 23.2 Å². The van der Waals surface area contributed by atoms with E-state index < -0.39 is 0 Å². The van der Waals surface area contributed by atoms with Gasteiger partial charge in [0.1, 0.15) is 0 Å². The molecule has 24 heavy (non-hydrogen) atoms. The zero-order valence-corrected chi connectivity index (χ0v) is 13.3. The van der Waals surface area contributed by atoms with E-state index in [1.165, 1.54) is 18.5 Å². The number of benzene rings is 2. The summed E-state index contributed by atoms with van der Waals surface area (Å²) < 4.78 is 10.7. The van der Waals surface area contributed by atoms with E-state index in [-0.39, 0.29) is 12.7 Å². The molecule has 3 aliphatic rings. The van der Waals surface area contributed by atoms with Crippen LogP contribution in [-0.4, -0.2) is 31.8 Å². The number of amides is 1. The molecule has 1 fully saturated rings. The molecular weight excluding hydrogens is 304 g/mol. The Bertz CT molecular complexity index is 816. The fourth-order valence-electron chi connectivity index (χ4n) is 3.55. The van der Waals surface area contributed by atoms with E-state index in [1.54, 1.807) is 6.07 Å². The lowest BCUT2D eigenvalue weighted by atomic mass is 10.1. The lowest BCUT2D eigenvalue weighted by Gasteiger charge is -2.38. The van der Waals surface area contributed by atoms with E-state index in [0.717, 1.165) is 12.2 Å². The van der Waals surface area contributed by atoms with E-state index in [1.807, 2.05) is 35.2 Å². The summed E-state index contributed by atoms with van der Waals surface area (Å²) in [5.74, 6) is 1.35. The van der Waals surface area contributed by atoms with Crippen molar-refractivity contribution in [1.82, 2.24) is 0 Å². The summed E-state index contributed by atoms with van der Waals surface area (Å²) in [6, 6.07) is 14.2. The van der Waals surface area contributed by atoms with E-state index in [2.05, 4.69) is 11.0 Å². The van der Waals surface area contributed by atoms with Crippen LogP contribution in [0.25, 0.3) is 0 Å². The van der Waals surface area contributed by atoms with Gasteiger partial charge in [-0.2, -0.15) is 0 Å². The van der Waals surface area contributed by atoms with Crippen LogP contribution in [0, 0.1) is 0 Å². The topological polar surface area (TPSA) is 42.0 Å². The van der Waals surface area contributed by atoms with E-state index in [0.29, 0.717) is 29.6 Å². The zero-order chi connectivity index (χ0) is 16.1. The second-order valence-electron chi connectivity index (χ2n) is 6.44. The van der Waals surface area contributed by atoms with Gasteiger partial charge in [0.2, 0.25) is 6.79 Å². The van der Waals surface area contributed by atoms with Gasteiger partial charge in [-0.3, -0.25) is 4.79 Å². The van der Waals surface area contributed by atoms with Crippen molar-refractivity contribution in [2.45, 2.75) is 18.9 Å². The van der Waals surface area contributed by atoms with Gasteiger partial charge < -0.3 is 19.3 Å². The number of carbonyl (C=O) groups is 1. The summed E-state index contributed by atoms with van der Waals surface area (Å²) in [7, 11) is 0. The van der Waals surface area contributed by atoms with Crippen molar-refractivity contribution in [1.29, 1.82) is 0 Å². The van der Waals surface area contributed by atoms with E-state index >= 15 is 0 Å². The molecule has 0 spiro atoms. The SMILES string of the molecule is O=C(c1ccc2c(c1)OCO2)N1CCN(C2CC2)c2ccccc21. The smallest absolute Gasteiger partial charge is 0.258 e. The summed E-state index contributed by atoms with van der Waals surface area (Å²) >= 11 is 0. The van der Waals surface area contributed by atoms with Crippen molar-refractivity contribution >= 4 is 17.3 Å². The van der Waals surface area contributed by atoms with Gasteiger partial charge in [-0.25, -0.2) is 0 Å². The van der Waals surface area contributed by atoms with Crippen LogP contribution in [0.4, 0.5) is 11.4 Å². The van der Waals surface area contributed by atoms with Crippen molar-refractivity contribution < 1.29 is 14.3 Å². The normalized spacial score (nSPS) is 18.5. The number of anilines is 2. The minimum Gasteiger partial charge on any atom is -0.454 e. The Balaban J connectivity index is 1.50. The van der Waals surface area contributed by atoms with E-state index in [9.17, 15) is 4.79 Å². The van der Waals surface area contributed by atoms with Crippen LogP contribution >= 0.6 is 0 Å². The number of rotatable bonds is 2. The van der Waals surface area contributed by atoms with Gasteiger partial charge in [0.05, 0.1) is 11.4 Å². The molecule has 5 heteroatoms. The monoisotopic (exact) mass is 322 g/mol. The lowest BCUT2D eigenvalue weighted by molar-refractivity contribution is 0.0986. The van der Waals surface area contributed by atoms with Crippen molar-refractivity contribution in [2.24, 2.45) is 0 Å². The number of hydrogen-bond acceptors (Lipinski definition) is 4. The minimum absolute atomic E-state index is 0.0104. The molecule has 5 nitrogen and oxygen atoms in total. The highest BCUT2D eigenvalue weighted by Crippen LogP contribution is 2.40. The molecule has 1 amide bonds. The highest BCUT2D eigenvalue weighted by atomic mass is 16.7. The van der Waals surface area contributed by atoms with Crippen molar-refractivity contribution in [3.05, 3.63) is 48.0 Å². The maximum absolute atomic E-state index is 13.1. The Morgan fingerprint density at radius 1 is 0.958 bits per heavy atom. The molecule has 1 saturated carbocycles. The largest absolute Gasteiger partial charge is 0.454 e. The Labute approximate surface area is 140 Å². The first-order valence-corrected chi connectivity index (χ1v) is 8.38. The first kappa shape index (κ1) is 13.7. The summed E-state index contributed by atoms with van der Waals surface area (Å²) in [5, 5.41) is 0. The molecule has 122 valence electrons. The second-order valence-corrected chi connectivity index (χ2v) is 6.44. The fourth-order valence-corrected chi connectivity index (χ4v) is 3.55. The van der Waals surface area contributed by atoms with Crippen LogP contribution in [0.5, 0.6) is 11.5 Å². The van der Waals surface area contributed by atoms with Gasteiger partial charge in [-0.15, -0.1) is 0 Å². The maximum Gasteiger partial charge on any atom is 0.258 e. The van der Waals surface area contributed by atoms with Crippen LogP contribution < -0.4 is 19.3 Å². The third-order valence-corrected chi connectivity index (χ3v) is 4.90. The highest BCUT2D eigenvalue weighted by molar-refractivity contribution is 6.08. The first-order chi connectivity index (χ1) is 11.8. The second kappa shape index (κ2) is 5.16. The van der Waals surface area contributed by atoms with Gasteiger partial charge in [-0.1, -0.05) is 12.1 Å². The van der Waals surface area contributed by atoms with Crippen molar-refractivity contribution in [3.8, 4) is 11.5 Å². The first-order valence-electron chi connectivity index (χ1n) is 8.38. The molecule has 2 aromatic rings. The Hall–Kier alpha value is -2.69. The summed E-state index contributed by atoms with van der Waals surface area (Å²) in [6.45, 7) is 1.81. The van der Waals surface area contributed by atoms with Gasteiger partial charge in [0.15, 0.2) is 11.5 Å². The molecule has 2 aliphatic heterocycles. The number of hydrogen-bond donors (Lipinski definition) is 0. The Morgan fingerprint density at radius 2 is 1.75 bits per heavy atom. The molecule has 2 aromatic carbocycles. The summed E-state index contributed by atoms with van der Waals surface area (Å²) in [5.41, 5.74) is 2.80. The molecule has 0 bridgehead atoms. The average Bonchev–Trinajstić information content (AvgIpc) is 3.36. The Morgan fingerprint density at radius 3 is 2.58 bits per heavy atom. The van der Waals surface area contributed by atoms with E-state index in [4.69, 9.17) is 9.47 Å². The van der Waals surface area contributed by atoms with Gasteiger partial charge >= 0.3 is 0 Å². The Kier molecular flexibility index (Phi) is 2.95. The third kappa shape index (κ3) is 2.12. The summed E-state index contributed by atoms with van der Waals surface area (Å²) in [6.07, 6.45) is 2.51. The molecule has 0 unspecified atom stereocenters. The molecular formula is C19H18N2O3. The molecule has 0 atom stereocenters.